The van der Waals surface area contributed by atoms with Crippen molar-refractivity contribution in [3.63, 3.8) is 0 Å². The summed E-state index contributed by atoms with van der Waals surface area (Å²) in [5, 5.41) is 0. The molecule has 0 spiro atoms. The standard InChI is InChI=1S/C30H34N4O5S/c1-5-7-22-8-6-9-28(29(22)31-2)40(36,37)32-25-12-10-23(11-13-25)30(35)34-18-16-33(17-19-34)21-24-20-26(38-3)14-15-27(24)39-4/h5-15,20,32H,2,16-19,21H2,1,3-4H3/b7-5-. The number of hydrogen-bond acceptors (Lipinski definition) is 7. The first-order valence-electron chi connectivity index (χ1n) is 12.9. The largest absolute Gasteiger partial charge is 0.497 e. The van der Waals surface area contributed by atoms with Gasteiger partial charge in [-0.15, -0.1) is 0 Å². The van der Waals surface area contributed by atoms with E-state index >= 15 is 0 Å². The van der Waals surface area contributed by atoms with Crippen LogP contribution in [0.2, 0.25) is 0 Å². The van der Waals surface area contributed by atoms with Crippen LogP contribution in [0, 0.1) is 0 Å². The highest BCUT2D eigenvalue weighted by Crippen LogP contribution is 2.31. The number of aliphatic imine (C=N–C) groups is 1. The Morgan fingerprint density at radius 2 is 1.75 bits per heavy atom. The van der Waals surface area contributed by atoms with Crippen molar-refractivity contribution in [1.82, 2.24) is 9.80 Å². The molecule has 40 heavy (non-hydrogen) atoms. The van der Waals surface area contributed by atoms with Crippen LogP contribution in [0.1, 0.15) is 28.4 Å². The molecule has 1 N–H and O–H groups in total. The monoisotopic (exact) mass is 562 g/mol. The van der Waals surface area contributed by atoms with E-state index in [9.17, 15) is 13.2 Å². The van der Waals surface area contributed by atoms with Gasteiger partial charge in [0.05, 0.1) is 19.9 Å². The SMILES string of the molecule is C=Nc1c(/C=C\C)cccc1S(=O)(=O)Nc1ccc(C(=O)N2CCN(Cc3cc(OC)ccc3OC)CC2)cc1. The van der Waals surface area contributed by atoms with Crippen LogP contribution in [0.25, 0.3) is 6.08 Å². The number of carbonyl (C=O) groups is 1. The van der Waals surface area contributed by atoms with Gasteiger partial charge in [-0.25, -0.2) is 8.42 Å². The van der Waals surface area contributed by atoms with Crippen molar-refractivity contribution in [2.24, 2.45) is 4.99 Å². The van der Waals surface area contributed by atoms with Crippen molar-refractivity contribution in [1.29, 1.82) is 0 Å². The lowest BCUT2D eigenvalue weighted by molar-refractivity contribution is 0.0627. The van der Waals surface area contributed by atoms with Gasteiger partial charge in [-0.05, 0) is 62.2 Å². The Morgan fingerprint density at radius 1 is 1.02 bits per heavy atom. The maximum Gasteiger partial charge on any atom is 0.264 e. The van der Waals surface area contributed by atoms with Gasteiger partial charge in [0.25, 0.3) is 15.9 Å². The second-order valence-electron chi connectivity index (χ2n) is 9.28. The summed E-state index contributed by atoms with van der Waals surface area (Å²) in [5.74, 6) is 1.48. The van der Waals surface area contributed by atoms with E-state index in [1.165, 1.54) is 6.07 Å². The number of anilines is 1. The summed E-state index contributed by atoms with van der Waals surface area (Å²) in [5.41, 5.74) is 2.81. The molecule has 1 saturated heterocycles. The van der Waals surface area contributed by atoms with Gasteiger partial charge in [0.15, 0.2) is 0 Å². The van der Waals surface area contributed by atoms with Gasteiger partial charge in [0, 0.05) is 55.1 Å². The van der Waals surface area contributed by atoms with Crippen LogP contribution >= 0.6 is 0 Å². The minimum absolute atomic E-state index is 0.0303. The minimum atomic E-state index is -3.93. The predicted molar refractivity (Wildman–Crippen MR) is 158 cm³/mol. The van der Waals surface area contributed by atoms with Gasteiger partial charge in [0.1, 0.15) is 16.4 Å². The third-order valence-electron chi connectivity index (χ3n) is 6.75. The molecule has 0 aromatic heterocycles. The molecule has 0 saturated carbocycles. The summed E-state index contributed by atoms with van der Waals surface area (Å²) in [4.78, 5) is 21.2. The van der Waals surface area contributed by atoms with Crippen LogP contribution < -0.4 is 14.2 Å². The van der Waals surface area contributed by atoms with Crippen LogP contribution in [0.5, 0.6) is 11.5 Å². The number of nitrogens with one attached hydrogen (secondary N) is 1. The lowest BCUT2D eigenvalue weighted by atomic mass is 10.1. The highest BCUT2D eigenvalue weighted by atomic mass is 32.2. The van der Waals surface area contributed by atoms with E-state index < -0.39 is 10.0 Å². The van der Waals surface area contributed by atoms with Crippen LogP contribution in [0.4, 0.5) is 11.4 Å². The van der Waals surface area contributed by atoms with Crippen LogP contribution in [0.3, 0.4) is 0 Å². The zero-order valence-corrected chi connectivity index (χ0v) is 23.8. The van der Waals surface area contributed by atoms with Gasteiger partial charge in [-0.3, -0.25) is 19.4 Å². The molecule has 9 nitrogen and oxygen atoms in total. The van der Waals surface area contributed by atoms with Crippen LogP contribution in [-0.4, -0.2) is 71.2 Å². The quantitative estimate of drug-likeness (QED) is 0.356. The molecule has 1 amide bonds. The Labute approximate surface area is 235 Å². The molecule has 210 valence electrons. The molecule has 0 atom stereocenters. The number of hydrogen-bond donors (Lipinski definition) is 1. The molecule has 1 fully saturated rings. The Balaban J connectivity index is 1.39. The molecule has 3 aromatic rings. The fraction of sp³-hybridized carbons (Fsp3) is 0.267. The maximum absolute atomic E-state index is 13.2. The van der Waals surface area contributed by atoms with E-state index in [2.05, 4.69) is 21.3 Å². The summed E-state index contributed by atoms with van der Waals surface area (Å²) >= 11 is 0. The van der Waals surface area contributed by atoms with Crippen molar-refractivity contribution < 1.29 is 22.7 Å². The number of amides is 1. The molecule has 4 rings (SSSR count). The summed E-state index contributed by atoms with van der Waals surface area (Å²) < 4.78 is 39.7. The molecule has 0 aliphatic carbocycles. The van der Waals surface area contributed by atoms with E-state index in [4.69, 9.17) is 9.47 Å². The van der Waals surface area contributed by atoms with E-state index in [0.29, 0.717) is 36.4 Å². The molecule has 10 heteroatoms. The minimum Gasteiger partial charge on any atom is -0.497 e. The third kappa shape index (κ3) is 6.52. The smallest absolute Gasteiger partial charge is 0.264 e. The number of piperazine rings is 1. The van der Waals surface area contributed by atoms with E-state index in [1.807, 2.05) is 30.0 Å². The summed E-state index contributed by atoms with van der Waals surface area (Å²) in [6, 6.07) is 17.1. The Hall–Kier alpha value is -4.15. The number of benzene rings is 3. The van der Waals surface area contributed by atoms with E-state index in [1.54, 1.807) is 62.8 Å². The highest BCUT2D eigenvalue weighted by Gasteiger charge is 2.24. The molecule has 0 bridgehead atoms. The Kier molecular flexibility index (Phi) is 9.23. The predicted octanol–water partition coefficient (Wildman–Crippen LogP) is 4.83. The van der Waals surface area contributed by atoms with E-state index in [-0.39, 0.29) is 16.5 Å². The molecule has 0 unspecified atom stereocenters. The average molecular weight is 563 g/mol. The third-order valence-corrected chi connectivity index (χ3v) is 8.16. The zero-order valence-electron chi connectivity index (χ0n) is 23.0. The molecular formula is C30H34N4O5S. The lowest BCUT2D eigenvalue weighted by Gasteiger charge is -2.35. The normalized spacial score (nSPS) is 14.2. The second kappa shape index (κ2) is 12.8. The van der Waals surface area contributed by atoms with Crippen molar-refractivity contribution >= 4 is 40.1 Å². The van der Waals surface area contributed by atoms with Gasteiger partial charge in [-0.1, -0.05) is 24.3 Å². The lowest BCUT2D eigenvalue weighted by Crippen LogP contribution is -2.48. The zero-order chi connectivity index (χ0) is 28.7. The number of sulfonamides is 1. The van der Waals surface area contributed by atoms with Gasteiger partial charge < -0.3 is 14.4 Å². The Bertz CT molecular complexity index is 1490. The van der Waals surface area contributed by atoms with Crippen LogP contribution in [0.15, 0.2) is 76.6 Å². The first kappa shape index (κ1) is 28.8. The summed E-state index contributed by atoms with van der Waals surface area (Å²) in [6.07, 6.45) is 3.58. The topological polar surface area (TPSA) is 101 Å². The molecule has 1 aliphatic rings. The number of ether oxygens (including phenoxy) is 2. The number of rotatable bonds is 10. The number of carbonyl (C=O) groups excluding carboxylic acids is 1. The van der Waals surface area contributed by atoms with Crippen molar-refractivity contribution in [2.45, 2.75) is 18.4 Å². The molecule has 1 aliphatic heterocycles. The van der Waals surface area contributed by atoms with Gasteiger partial charge in [-0.2, -0.15) is 0 Å². The number of allylic oxidation sites excluding steroid dienone is 1. The molecule has 3 aromatic carbocycles. The van der Waals surface area contributed by atoms with Gasteiger partial charge >= 0.3 is 0 Å². The van der Waals surface area contributed by atoms with Crippen molar-refractivity contribution in [3.8, 4) is 11.5 Å². The maximum atomic E-state index is 13.2. The van der Waals surface area contributed by atoms with Crippen molar-refractivity contribution in [2.75, 3.05) is 45.1 Å². The first-order chi connectivity index (χ1) is 19.3. The summed E-state index contributed by atoms with van der Waals surface area (Å²) in [6.45, 7) is 8.68. The number of nitrogens with zero attached hydrogens (tertiary/aromatic N) is 3. The Morgan fingerprint density at radius 3 is 2.38 bits per heavy atom. The fourth-order valence-corrected chi connectivity index (χ4v) is 5.92. The number of methoxy groups -OCH3 is 2. The average Bonchev–Trinajstić information content (AvgIpc) is 2.97. The second-order valence-corrected chi connectivity index (χ2v) is 10.9. The summed E-state index contributed by atoms with van der Waals surface area (Å²) in [7, 11) is -0.641. The van der Waals surface area contributed by atoms with Crippen molar-refractivity contribution in [3.05, 3.63) is 83.4 Å². The van der Waals surface area contributed by atoms with E-state index in [0.717, 1.165) is 30.2 Å². The molecule has 1 heterocycles. The highest BCUT2D eigenvalue weighted by molar-refractivity contribution is 7.92. The first-order valence-corrected chi connectivity index (χ1v) is 14.4. The fourth-order valence-electron chi connectivity index (χ4n) is 4.67. The molecule has 0 radical (unpaired) electrons. The molecular weight excluding hydrogens is 528 g/mol. The van der Waals surface area contributed by atoms with Gasteiger partial charge in [0.2, 0.25) is 0 Å². The number of para-hydroxylation sites is 1. The van der Waals surface area contributed by atoms with Crippen LogP contribution in [-0.2, 0) is 16.6 Å².